The molecule has 1 rings (SSSR count). The molecule has 0 saturated carbocycles. The van der Waals surface area contributed by atoms with Gasteiger partial charge in [-0.15, -0.1) is 0 Å². The lowest BCUT2D eigenvalue weighted by Gasteiger charge is -2.22. The van der Waals surface area contributed by atoms with Gasteiger partial charge in [-0.2, -0.15) is 0 Å². The number of hydrogen-bond acceptors (Lipinski definition) is 2. The average Bonchev–Trinajstić information content (AvgIpc) is 2.35. The van der Waals surface area contributed by atoms with Crippen LogP contribution in [0.3, 0.4) is 0 Å². The van der Waals surface area contributed by atoms with Crippen molar-refractivity contribution in [2.24, 2.45) is 0 Å². The first-order chi connectivity index (χ1) is 8.08. The molecule has 0 saturated heterocycles. The Morgan fingerprint density at radius 2 is 2.00 bits per heavy atom. The van der Waals surface area contributed by atoms with E-state index in [9.17, 15) is 9.90 Å². The smallest absolute Gasteiger partial charge is 0.382 e. The van der Waals surface area contributed by atoms with Gasteiger partial charge in [-0.05, 0) is 18.4 Å². The molecule has 0 aliphatic carbocycles. The van der Waals surface area contributed by atoms with Crippen LogP contribution < -0.4 is 0 Å². The topological polar surface area (TPSA) is 57.5 Å². The maximum Gasteiger partial charge on any atom is 0.382 e. The molecule has 0 fully saturated rings. The van der Waals surface area contributed by atoms with E-state index in [4.69, 9.17) is 5.11 Å². The van der Waals surface area contributed by atoms with Crippen LogP contribution in [0.25, 0.3) is 0 Å². The predicted octanol–water partition coefficient (Wildman–Crippen LogP) is 2.15. The van der Waals surface area contributed by atoms with Gasteiger partial charge >= 0.3 is 5.97 Å². The molecule has 3 heteroatoms. The van der Waals surface area contributed by atoms with Crippen molar-refractivity contribution < 1.29 is 15.0 Å². The van der Waals surface area contributed by atoms with E-state index in [0.717, 1.165) is 12.8 Å². The third-order valence-corrected chi connectivity index (χ3v) is 2.52. The summed E-state index contributed by atoms with van der Waals surface area (Å²) in [5, 5.41) is 19.0. The molecule has 1 aromatic rings. The molecule has 0 aromatic heterocycles. The molecule has 1 unspecified atom stereocenters. The summed E-state index contributed by atoms with van der Waals surface area (Å²) in [5.41, 5.74) is -0.724. The molecule has 1 atom stereocenters. The van der Waals surface area contributed by atoms with Gasteiger partial charge < -0.3 is 10.2 Å². The third-order valence-electron chi connectivity index (χ3n) is 2.52. The second-order valence-corrected chi connectivity index (χ2v) is 3.89. The minimum Gasteiger partial charge on any atom is -0.472 e. The SMILES string of the molecule is CCCCC(O)(C#CC(=O)O)c1ccccc1. The number of aliphatic hydroxyl groups is 1. The molecular formula is C14H16O3. The fourth-order valence-corrected chi connectivity index (χ4v) is 1.58. The largest absolute Gasteiger partial charge is 0.472 e. The van der Waals surface area contributed by atoms with Crippen LogP contribution in [0.4, 0.5) is 0 Å². The minimum absolute atomic E-state index is 0.438. The molecule has 90 valence electrons. The average molecular weight is 232 g/mol. The van der Waals surface area contributed by atoms with E-state index in [1.165, 1.54) is 0 Å². The lowest BCUT2D eigenvalue weighted by atomic mass is 9.89. The number of carbonyl (C=O) groups is 1. The summed E-state index contributed by atoms with van der Waals surface area (Å²) < 4.78 is 0. The molecule has 0 bridgehead atoms. The van der Waals surface area contributed by atoms with Crippen LogP contribution >= 0.6 is 0 Å². The highest BCUT2D eigenvalue weighted by molar-refractivity contribution is 5.86. The number of hydrogen-bond donors (Lipinski definition) is 2. The van der Waals surface area contributed by atoms with E-state index >= 15 is 0 Å². The standard InChI is InChI=1S/C14H16O3/c1-2-3-10-14(17,11-9-13(15)16)12-7-5-4-6-8-12/h4-8,17H,2-3,10H2,1H3,(H,15,16). The highest BCUT2D eigenvalue weighted by atomic mass is 16.4. The maximum absolute atomic E-state index is 10.5. The van der Waals surface area contributed by atoms with Crippen LogP contribution in [0, 0.1) is 11.8 Å². The fraction of sp³-hybridized carbons (Fsp3) is 0.357. The molecule has 3 nitrogen and oxygen atoms in total. The summed E-state index contributed by atoms with van der Waals surface area (Å²) in [6, 6.07) is 8.95. The van der Waals surface area contributed by atoms with Crippen molar-refractivity contribution >= 4 is 5.97 Å². The number of unbranched alkanes of at least 4 members (excludes halogenated alkanes) is 1. The van der Waals surface area contributed by atoms with Crippen LogP contribution in [-0.4, -0.2) is 16.2 Å². The zero-order valence-electron chi connectivity index (χ0n) is 9.81. The van der Waals surface area contributed by atoms with Gasteiger partial charge in [0.25, 0.3) is 0 Å². The van der Waals surface area contributed by atoms with Gasteiger partial charge in [0, 0.05) is 5.92 Å². The van der Waals surface area contributed by atoms with Gasteiger partial charge in [0.2, 0.25) is 0 Å². The van der Waals surface area contributed by atoms with E-state index in [1.54, 1.807) is 24.3 Å². The van der Waals surface area contributed by atoms with Crippen molar-refractivity contribution in [3.63, 3.8) is 0 Å². The van der Waals surface area contributed by atoms with Crippen molar-refractivity contribution in [1.29, 1.82) is 0 Å². The molecule has 2 N–H and O–H groups in total. The summed E-state index contributed by atoms with van der Waals surface area (Å²) in [4.78, 5) is 10.5. The van der Waals surface area contributed by atoms with Crippen molar-refractivity contribution in [3.05, 3.63) is 35.9 Å². The highest BCUT2D eigenvalue weighted by Crippen LogP contribution is 2.26. The van der Waals surface area contributed by atoms with Gasteiger partial charge in [-0.25, -0.2) is 4.79 Å². The molecule has 0 heterocycles. The van der Waals surface area contributed by atoms with E-state index < -0.39 is 11.6 Å². The first kappa shape index (κ1) is 13.3. The first-order valence-electron chi connectivity index (χ1n) is 5.62. The van der Waals surface area contributed by atoms with E-state index in [2.05, 4.69) is 5.92 Å². The molecule has 0 amide bonds. The Labute approximate surface area is 101 Å². The lowest BCUT2D eigenvalue weighted by molar-refractivity contribution is -0.130. The van der Waals surface area contributed by atoms with Crippen LogP contribution in [0.1, 0.15) is 31.7 Å². The third kappa shape index (κ3) is 3.93. The van der Waals surface area contributed by atoms with E-state index in [0.29, 0.717) is 12.0 Å². The zero-order valence-corrected chi connectivity index (χ0v) is 9.81. The summed E-state index contributed by atoms with van der Waals surface area (Å²) in [6.45, 7) is 2.01. The first-order valence-corrected chi connectivity index (χ1v) is 5.62. The van der Waals surface area contributed by atoms with Crippen molar-refractivity contribution in [2.75, 3.05) is 0 Å². The second-order valence-electron chi connectivity index (χ2n) is 3.89. The van der Waals surface area contributed by atoms with Crippen LogP contribution in [0.5, 0.6) is 0 Å². The maximum atomic E-state index is 10.5. The Balaban J connectivity index is 3.03. The van der Waals surface area contributed by atoms with Crippen LogP contribution in [-0.2, 0) is 10.4 Å². The second kappa shape index (κ2) is 6.07. The Hall–Kier alpha value is -1.79. The monoisotopic (exact) mass is 232 g/mol. The summed E-state index contributed by atoms with van der Waals surface area (Å²) in [6.07, 6.45) is 2.15. The number of benzene rings is 1. The number of carboxylic acids is 1. The Bertz CT molecular complexity index is 428. The van der Waals surface area contributed by atoms with E-state index in [1.807, 2.05) is 18.9 Å². The molecule has 0 aliphatic heterocycles. The molecule has 1 aromatic carbocycles. The van der Waals surface area contributed by atoms with Crippen molar-refractivity contribution in [3.8, 4) is 11.8 Å². The fourth-order valence-electron chi connectivity index (χ4n) is 1.58. The van der Waals surface area contributed by atoms with Crippen molar-refractivity contribution in [1.82, 2.24) is 0 Å². The predicted molar refractivity (Wildman–Crippen MR) is 65.3 cm³/mol. The zero-order chi connectivity index (χ0) is 12.7. The lowest BCUT2D eigenvalue weighted by Crippen LogP contribution is -2.23. The van der Waals surface area contributed by atoms with E-state index in [-0.39, 0.29) is 0 Å². The van der Waals surface area contributed by atoms with Crippen LogP contribution in [0.2, 0.25) is 0 Å². The number of rotatable bonds is 4. The van der Waals surface area contributed by atoms with Gasteiger partial charge in [-0.3, -0.25) is 0 Å². The van der Waals surface area contributed by atoms with Crippen LogP contribution in [0.15, 0.2) is 30.3 Å². The highest BCUT2D eigenvalue weighted by Gasteiger charge is 2.26. The summed E-state index contributed by atoms with van der Waals surface area (Å²) >= 11 is 0. The summed E-state index contributed by atoms with van der Waals surface area (Å²) in [5.74, 6) is 3.24. The number of carboxylic acid groups (broad SMARTS) is 1. The minimum atomic E-state index is -1.37. The van der Waals surface area contributed by atoms with Gasteiger partial charge in [0.1, 0.15) is 0 Å². The van der Waals surface area contributed by atoms with Gasteiger partial charge in [0.05, 0.1) is 0 Å². The Morgan fingerprint density at radius 3 is 2.53 bits per heavy atom. The Kier molecular flexibility index (Phi) is 4.74. The van der Waals surface area contributed by atoms with Crippen molar-refractivity contribution in [2.45, 2.75) is 31.8 Å². The van der Waals surface area contributed by atoms with Gasteiger partial charge in [-0.1, -0.05) is 49.6 Å². The summed E-state index contributed by atoms with van der Waals surface area (Å²) in [7, 11) is 0. The molecule has 0 spiro atoms. The normalized spacial score (nSPS) is 13.3. The quantitative estimate of drug-likeness (QED) is 0.782. The number of aliphatic carboxylic acids is 1. The van der Waals surface area contributed by atoms with Gasteiger partial charge in [0.15, 0.2) is 5.60 Å². The molecular weight excluding hydrogens is 216 g/mol. The molecule has 17 heavy (non-hydrogen) atoms. The Morgan fingerprint density at radius 1 is 1.35 bits per heavy atom. The molecule has 0 aliphatic rings. The molecule has 0 radical (unpaired) electrons.